The predicted molar refractivity (Wildman–Crippen MR) is 98.1 cm³/mol. The van der Waals surface area contributed by atoms with Gasteiger partial charge in [0.2, 0.25) is 0 Å². The molecule has 2 atom stereocenters. The van der Waals surface area contributed by atoms with Gasteiger partial charge < -0.3 is 10.2 Å². The van der Waals surface area contributed by atoms with Gasteiger partial charge >= 0.3 is 6.03 Å². The Bertz CT molecular complexity index is 671. The van der Waals surface area contributed by atoms with Crippen LogP contribution in [0.4, 0.5) is 4.79 Å². The predicted octanol–water partition coefficient (Wildman–Crippen LogP) is 4.14. The first-order chi connectivity index (χ1) is 12.2. The third-order valence-corrected chi connectivity index (χ3v) is 5.34. The molecule has 4 rings (SSSR count). The second-order valence-electron chi connectivity index (χ2n) is 7.30. The Morgan fingerprint density at radius 2 is 1.80 bits per heavy atom. The molecule has 1 aromatic heterocycles. The molecule has 0 bridgehead atoms. The van der Waals surface area contributed by atoms with Crippen molar-refractivity contribution in [2.75, 3.05) is 0 Å². The fourth-order valence-corrected chi connectivity index (χ4v) is 3.59. The summed E-state index contributed by atoms with van der Waals surface area (Å²) in [5.41, 5.74) is 2.09. The van der Waals surface area contributed by atoms with E-state index >= 15 is 0 Å². The minimum Gasteiger partial charge on any atom is -0.327 e. The molecule has 2 fully saturated rings. The summed E-state index contributed by atoms with van der Waals surface area (Å²) in [5.74, 6) is 0.680. The first-order valence-electron chi connectivity index (χ1n) is 9.27. The monoisotopic (exact) mass is 335 g/mol. The fourth-order valence-electron chi connectivity index (χ4n) is 3.59. The molecule has 0 radical (unpaired) electrons. The van der Waals surface area contributed by atoms with Gasteiger partial charge in [0.05, 0.1) is 6.04 Å². The first kappa shape index (κ1) is 16.1. The van der Waals surface area contributed by atoms with Crippen LogP contribution < -0.4 is 5.32 Å². The van der Waals surface area contributed by atoms with E-state index in [1.165, 1.54) is 12.8 Å². The molecule has 1 N–H and O–H groups in total. The summed E-state index contributed by atoms with van der Waals surface area (Å²) in [4.78, 5) is 19.5. The zero-order valence-electron chi connectivity index (χ0n) is 14.6. The van der Waals surface area contributed by atoms with Crippen molar-refractivity contribution in [3.63, 3.8) is 0 Å². The molecule has 2 aromatic rings. The molecule has 25 heavy (non-hydrogen) atoms. The van der Waals surface area contributed by atoms with Crippen molar-refractivity contribution in [2.24, 2.45) is 5.92 Å². The topological polar surface area (TPSA) is 45.2 Å². The maximum absolute atomic E-state index is 13.1. The van der Waals surface area contributed by atoms with E-state index in [1.54, 1.807) is 6.20 Å². The van der Waals surface area contributed by atoms with Crippen molar-refractivity contribution >= 4 is 6.03 Å². The lowest BCUT2D eigenvalue weighted by molar-refractivity contribution is 0.165. The highest BCUT2D eigenvalue weighted by Gasteiger charge is 2.42. The molecule has 2 aliphatic rings. The molecule has 2 saturated carbocycles. The number of nitrogens with one attached hydrogen (secondary N) is 1. The molecular weight excluding hydrogens is 310 g/mol. The van der Waals surface area contributed by atoms with Crippen molar-refractivity contribution in [1.29, 1.82) is 0 Å². The lowest BCUT2D eigenvalue weighted by Gasteiger charge is -2.32. The van der Waals surface area contributed by atoms with Crippen LogP contribution in [0.15, 0.2) is 54.9 Å². The molecule has 1 aromatic carbocycles. The highest BCUT2D eigenvalue weighted by atomic mass is 16.2. The standard InChI is InChI=1S/C21H25N3O/c1-15(16-9-10-16)24(19-11-12-19)21(25)23-20(17-6-3-2-4-7-17)18-8-5-13-22-14-18/h2-8,13-16,19-20H,9-12H2,1H3,(H,23,25)/t15-,20-/m1/s1. The zero-order chi connectivity index (χ0) is 17.2. The number of urea groups is 1. The van der Waals surface area contributed by atoms with Gasteiger partial charge in [-0.1, -0.05) is 36.4 Å². The van der Waals surface area contributed by atoms with Gasteiger partial charge in [-0.2, -0.15) is 0 Å². The number of rotatable bonds is 6. The normalized spacial score (nSPS) is 19.1. The number of benzene rings is 1. The third kappa shape index (κ3) is 3.68. The first-order valence-corrected chi connectivity index (χ1v) is 9.27. The molecule has 4 heteroatoms. The maximum Gasteiger partial charge on any atom is 0.318 e. The Kier molecular flexibility index (Phi) is 4.43. The average Bonchev–Trinajstić information content (AvgIpc) is 3.54. The summed E-state index contributed by atoms with van der Waals surface area (Å²) < 4.78 is 0. The van der Waals surface area contributed by atoms with Crippen LogP contribution in [0.3, 0.4) is 0 Å². The summed E-state index contributed by atoms with van der Waals surface area (Å²) in [6.45, 7) is 2.21. The lowest BCUT2D eigenvalue weighted by Crippen LogP contribution is -2.48. The van der Waals surface area contributed by atoms with Crippen LogP contribution in [-0.4, -0.2) is 28.0 Å². The van der Waals surface area contributed by atoms with Gasteiger partial charge in [0.25, 0.3) is 0 Å². The van der Waals surface area contributed by atoms with Crippen LogP contribution in [-0.2, 0) is 0 Å². The molecule has 4 nitrogen and oxygen atoms in total. The van der Waals surface area contributed by atoms with E-state index in [2.05, 4.69) is 34.3 Å². The van der Waals surface area contributed by atoms with E-state index in [-0.39, 0.29) is 12.1 Å². The third-order valence-electron chi connectivity index (χ3n) is 5.34. The molecule has 2 amide bonds. The number of hydrogen-bond acceptors (Lipinski definition) is 2. The molecule has 130 valence electrons. The number of hydrogen-bond donors (Lipinski definition) is 1. The number of carbonyl (C=O) groups excluding carboxylic acids is 1. The molecule has 1 heterocycles. The zero-order valence-corrected chi connectivity index (χ0v) is 14.6. The number of amides is 2. The Morgan fingerprint density at radius 3 is 2.40 bits per heavy atom. The van der Waals surface area contributed by atoms with E-state index in [9.17, 15) is 4.79 Å². The maximum atomic E-state index is 13.1. The molecule has 0 spiro atoms. The van der Waals surface area contributed by atoms with E-state index in [1.807, 2.05) is 36.5 Å². The van der Waals surface area contributed by atoms with Crippen molar-refractivity contribution in [3.05, 3.63) is 66.0 Å². The molecular formula is C21H25N3O. The van der Waals surface area contributed by atoms with Gasteiger partial charge in [-0.3, -0.25) is 4.98 Å². The number of nitrogens with zero attached hydrogens (tertiary/aromatic N) is 2. The van der Waals surface area contributed by atoms with Crippen LogP contribution >= 0.6 is 0 Å². The van der Waals surface area contributed by atoms with Gasteiger partial charge in [0.15, 0.2) is 0 Å². The van der Waals surface area contributed by atoms with E-state index in [4.69, 9.17) is 0 Å². The molecule has 0 saturated heterocycles. The Morgan fingerprint density at radius 1 is 1.08 bits per heavy atom. The Balaban J connectivity index is 1.58. The van der Waals surface area contributed by atoms with Gasteiger partial charge in [-0.05, 0) is 55.7 Å². The molecule has 2 aliphatic carbocycles. The Labute approximate surface area is 149 Å². The van der Waals surface area contributed by atoms with Crippen LogP contribution in [0, 0.1) is 5.92 Å². The second kappa shape index (κ2) is 6.87. The van der Waals surface area contributed by atoms with E-state index in [0.29, 0.717) is 18.0 Å². The van der Waals surface area contributed by atoms with Gasteiger partial charge in [0, 0.05) is 24.5 Å². The summed E-state index contributed by atoms with van der Waals surface area (Å²) in [7, 11) is 0. The average molecular weight is 335 g/mol. The molecule has 0 aliphatic heterocycles. The van der Waals surface area contributed by atoms with Gasteiger partial charge in [-0.15, -0.1) is 0 Å². The van der Waals surface area contributed by atoms with Crippen molar-refractivity contribution in [3.8, 4) is 0 Å². The summed E-state index contributed by atoms with van der Waals surface area (Å²) in [5, 5.41) is 3.28. The minimum atomic E-state index is -0.171. The second-order valence-corrected chi connectivity index (χ2v) is 7.30. The number of carbonyl (C=O) groups is 1. The number of pyridine rings is 1. The molecule has 0 unspecified atom stereocenters. The van der Waals surface area contributed by atoms with E-state index in [0.717, 1.165) is 24.0 Å². The van der Waals surface area contributed by atoms with E-state index < -0.39 is 0 Å². The highest BCUT2D eigenvalue weighted by Crippen LogP contribution is 2.40. The number of aromatic nitrogens is 1. The Hall–Kier alpha value is -2.36. The summed E-state index contributed by atoms with van der Waals surface area (Å²) in [6, 6.07) is 14.7. The van der Waals surface area contributed by atoms with Gasteiger partial charge in [-0.25, -0.2) is 4.79 Å². The van der Waals surface area contributed by atoms with Crippen LogP contribution in [0.5, 0.6) is 0 Å². The fraction of sp³-hybridized carbons (Fsp3) is 0.429. The largest absolute Gasteiger partial charge is 0.327 e. The quantitative estimate of drug-likeness (QED) is 0.862. The van der Waals surface area contributed by atoms with Crippen LogP contribution in [0.1, 0.15) is 49.8 Å². The van der Waals surface area contributed by atoms with Crippen LogP contribution in [0.2, 0.25) is 0 Å². The SMILES string of the molecule is C[C@H](C1CC1)N(C(=O)N[C@H](c1ccccc1)c1cccnc1)C1CC1. The summed E-state index contributed by atoms with van der Waals surface area (Å²) >= 11 is 0. The van der Waals surface area contributed by atoms with Crippen LogP contribution in [0.25, 0.3) is 0 Å². The smallest absolute Gasteiger partial charge is 0.318 e. The van der Waals surface area contributed by atoms with Crippen molar-refractivity contribution in [1.82, 2.24) is 15.2 Å². The van der Waals surface area contributed by atoms with Gasteiger partial charge in [0.1, 0.15) is 0 Å². The minimum absolute atomic E-state index is 0.0552. The lowest BCUT2D eigenvalue weighted by atomic mass is 10.0. The summed E-state index contributed by atoms with van der Waals surface area (Å²) in [6.07, 6.45) is 8.37. The van der Waals surface area contributed by atoms with Crippen molar-refractivity contribution in [2.45, 2.75) is 50.7 Å². The van der Waals surface area contributed by atoms with Crippen molar-refractivity contribution < 1.29 is 4.79 Å². The highest BCUT2D eigenvalue weighted by molar-refractivity contribution is 5.76.